The van der Waals surface area contributed by atoms with Crippen molar-refractivity contribution >= 4 is 36.6 Å². The van der Waals surface area contributed by atoms with Gasteiger partial charge in [0.1, 0.15) is 5.82 Å². The van der Waals surface area contributed by atoms with Crippen molar-refractivity contribution in [2.45, 2.75) is 26.4 Å². The van der Waals surface area contributed by atoms with E-state index in [4.69, 9.17) is 5.73 Å². The number of nitrogens with zero attached hydrogens (tertiary/aromatic N) is 1. The van der Waals surface area contributed by atoms with E-state index >= 15 is 0 Å². The standard InChI is InChI=1S/C17H27FN4O2.2ClH/c1-12(2)16(19)17(24)21-10-15(23)20-8-9-22(3)11-13-4-6-14(18)7-5-13;;/h4-7,12,16H,8-11,19H2,1-3H3,(H,20,23)(H,21,24);2*1H/t16-;;/m0../s1. The Morgan fingerprint density at radius 2 is 1.73 bits per heavy atom. The summed E-state index contributed by atoms with van der Waals surface area (Å²) in [5.74, 6) is -0.816. The molecular formula is C17H29Cl2FN4O2. The van der Waals surface area contributed by atoms with Crippen LogP contribution >= 0.6 is 24.8 Å². The lowest BCUT2D eigenvalue weighted by molar-refractivity contribution is -0.127. The van der Waals surface area contributed by atoms with Crippen LogP contribution < -0.4 is 16.4 Å². The molecule has 0 saturated carbocycles. The van der Waals surface area contributed by atoms with E-state index in [0.717, 1.165) is 5.56 Å². The highest BCUT2D eigenvalue weighted by Crippen LogP contribution is 2.05. The fourth-order valence-corrected chi connectivity index (χ4v) is 2.02. The molecule has 0 aliphatic rings. The van der Waals surface area contributed by atoms with Crippen molar-refractivity contribution in [2.75, 3.05) is 26.7 Å². The monoisotopic (exact) mass is 410 g/mol. The van der Waals surface area contributed by atoms with Crippen LogP contribution in [0, 0.1) is 11.7 Å². The molecule has 1 atom stereocenters. The minimum absolute atomic E-state index is 0. The lowest BCUT2D eigenvalue weighted by Gasteiger charge is -2.18. The van der Waals surface area contributed by atoms with Crippen LogP contribution in [0.2, 0.25) is 0 Å². The minimum atomic E-state index is -0.611. The van der Waals surface area contributed by atoms with Gasteiger partial charge in [0, 0.05) is 19.6 Å². The van der Waals surface area contributed by atoms with Gasteiger partial charge < -0.3 is 21.3 Å². The molecule has 0 radical (unpaired) electrons. The van der Waals surface area contributed by atoms with E-state index in [2.05, 4.69) is 10.6 Å². The third-order valence-corrected chi connectivity index (χ3v) is 3.63. The lowest BCUT2D eigenvalue weighted by atomic mass is 10.1. The van der Waals surface area contributed by atoms with Crippen molar-refractivity contribution in [3.05, 3.63) is 35.6 Å². The van der Waals surface area contributed by atoms with Gasteiger partial charge in [-0.15, -0.1) is 24.8 Å². The maximum Gasteiger partial charge on any atom is 0.239 e. The largest absolute Gasteiger partial charge is 0.353 e. The zero-order valence-electron chi connectivity index (χ0n) is 15.3. The van der Waals surface area contributed by atoms with Crippen LogP contribution in [0.3, 0.4) is 0 Å². The van der Waals surface area contributed by atoms with Gasteiger partial charge in [-0.25, -0.2) is 4.39 Å². The number of amides is 2. The molecule has 0 spiro atoms. The second kappa shape index (κ2) is 13.7. The van der Waals surface area contributed by atoms with E-state index in [1.807, 2.05) is 25.8 Å². The van der Waals surface area contributed by atoms with E-state index in [0.29, 0.717) is 19.6 Å². The second-order valence-corrected chi connectivity index (χ2v) is 6.20. The molecular weight excluding hydrogens is 382 g/mol. The second-order valence-electron chi connectivity index (χ2n) is 6.20. The first-order valence-corrected chi connectivity index (χ1v) is 8.02. The predicted molar refractivity (Wildman–Crippen MR) is 106 cm³/mol. The molecule has 1 aromatic rings. The molecule has 0 saturated heterocycles. The topological polar surface area (TPSA) is 87.5 Å². The summed E-state index contributed by atoms with van der Waals surface area (Å²) in [5, 5.41) is 5.26. The highest BCUT2D eigenvalue weighted by atomic mass is 35.5. The third kappa shape index (κ3) is 10.6. The first-order valence-electron chi connectivity index (χ1n) is 8.02. The molecule has 0 aromatic heterocycles. The summed E-state index contributed by atoms with van der Waals surface area (Å²) >= 11 is 0. The molecule has 1 aromatic carbocycles. The van der Waals surface area contributed by atoms with Gasteiger partial charge in [-0.2, -0.15) is 0 Å². The molecule has 150 valence electrons. The van der Waals surface area contributed by atoms with Crippen LogP contribution in [0.4, 0.5) is 4.39 Å². The number of likely N-dealkylation sites (N-methyl/N-ethyl adjacent to an activating group) is 1. The Morgan fingerprint density at radius 1 is 1.15 bits per heavy atom. The number of nitrogens with two attached hydrogens (primary N) is 1. The predicted octanol–water partition coefficient (Wildman–Crippen LogP) is 1.32. The number of nitrogens with one attached hydrogen (secondary N) is 2. The average Bonchev–Trinajstić information content (AvgIpc) is 2.53. The van der Waals surface area contributed by atoms with Crippen LogP contribution in [0.5, 0.6) is 0 Å². The molecule has 0 aliphatic heterocycles. The number of rotatable bonds is 9. The van der Waals surface area contributed by atoms with Gasteiger partial charge in [-0.1, -0.05) is 26.0 Å². The Labute approximate surface area is 166 Å². The van der Waals surface area contributed by atoms with Crippen LogP contribution in [0.15, 0.2) is 24.3 Å². The molecule has 0 bridgehead atoms. The Kier molecular flexibility index (Phi) is 14.2. The van der Waals surface area contributed by atoms with Crippen LogP contribution in [0.1, 0.15) is 19.4 Å². The lowest BCUT2D eigenvalue weighted by Crippen LogP contribution is -2.47. The number of hydrogen-bond donors (Lipinski definition) is 3. The summed E-state index contributed by atoms with van der Waals surface area (Å²) in [4.78, 5) is 25.4. The molecule has 26 heavy (non-hydrogen) atoms. The maximum absolute atomic E-state index is 12.8. The smallest absolute Gasteiger partial charge is 0.239 e. The van der Waals surface area contributed by atoms with Crippen molar-refractivity contribution in [3.63, 3.8) is 0 Å². The molecule has 6 nitrogen and oxygen atoms in total. The van der Waals surface area contributed by atoms with Gasteiger partial charge in [-0.3, -0.25) is 9.59 Å². The zero-order valence-corrected chi connectivity index (χ0v) is 17.0. The number of carbonyl (C=O) groups is 2. The summed E-state index contributed by atoms with van der Waals surface area (Å²) < 4.78 is 12.8. The summed E-state index contributed by atoms with van der Waals surface area (Å²) in [6.45, 7) is 5.38. The highest BCUT2D eigenvalue weighted by molar-refractivity contribution is 5.87. The SMILES string of the molecule is CC(C)[C@H](N)C(=O)NCC(=O)NCCN(C)Cc1ccc(F)cc1.Cl.Cl. The molecule has 2 amide bonds. The van der Waals surface area contributed by atoms with Gasteiger partial charge in [-0.05, 0) is 30.7 Å². The average molecular weight is 411 g/mol. The minimum Gasteiger partial charge on any atom is -0.353 e. The van der Waals surface area contributed by atoms with Gasteiger partial charge in [0.15, 0.2) is 0 Å². The Morgan fingerprint density at radius 3 is 2.27 bits per heavy atom. The van der Waals surface area contributed by atoms with Gasteiger partial charge in [0.25, 0.3) is 0 Å². The first-order chi connectivity index (χ1) is 11.3. The fourth-order valence-electron chi connectivity index (χ4n) is 2.02. The molecule has 9 heteroatoms. The van der Waals surface area contributed by atoms with Crippen molar-refractivity contribution in [2.24, 2.45) is 11.7 Å². The molecule has 1 rings (SSSR count). The van der Waals surface area contributed by atoms with Crippen molar-refractivity contribution in [1.82, 2.24) is 15.5 Å². The fraction of sp³-hybridized carbons (Fsp3) is 0.529. The summed E-state index contributed by atoms with van der Waals surface area (Å²) in [6.07, 6.45) is 0. The van der Waals surface area contributed by atoms with Gasteiger partial charge in [0.05, 0.1) is 12.6 Å². The normalized spacial score (nSPS) is 11.3. The van der Waals surface area contributed by atoms with E-state index in [-0.39, 0.29) is 54.9 Å². The Balaban J connectivity index is 0. The Bertz CT molecular complexity index is 544. The van der Waals surface area contributed by atoms with E-state index in [9.17, 15) is 14.0 Å². The highest BCUT2D eigenvalue weighted by Gasteiger charge is 2.17. The van der Waals surface area contributed by atoms with Crippen molar-refractivity contribution in [1.29, 1.82) is 0 Å². The number of halogens is 3. The summed E-state index contributed by atoms with van der Waals surface area (Å²) in [7, 11) is 1.92. The zero-order chi connectivity index (χ0) is 18.1. The van der Waals surface area contributed by atoms with Crippen LogP contribution in [-0.2, 0) is 16.1 Å². The van der Waals surface area contributed by atoms with Crippen molar-refractivity contribution < 1.29 is 14.0 Å². The summed E-state index contributed by atoms with van der Waals surface area (Å²) in [5.41, 5.74) is 6.69. The summed E-state index contributed by atoms with van der Waals surface area (Å²) in [6, 6.07) is 5.71. The van der Waals surface area contributed by atoms with E-state index in [1.54, 1.807) is 12.1 Å². The Hall–Kier alpha value is -1.41. The molecule has 4 N–H and O–H groups in total. The van der Waals surface area contributed by atoms with E-state index in [1.165, 1.54) is 12.1 Å². The quantitative estimate of drug-likeness (QED) is 0.572. The first kappa shape index (κ1) is 26.8. The molecule has 0 aliphatic carbocycles. The van der Waals surface area contributed by atoms with E-state index < -0.39 is 6.04 Å². The van der Waals surface area contributed by atoms with Crippen LogP contribution in [-0.4, -0.2) is 49.4 Å². The number of benzene rings is 1. The molecule has 0 heterocycles. The molecule has 0 fully saturated rings. The maximum atomic E-state index is 12.8. The number of carbonyl (C=O) groups excluding carboxylic acids is 2. The third-order valence-electron chi connectivity index (χ3n) is 3.63. The number of hydrogen-bond acceptors (Lipinski definition) is 4. The van der Waals surface area contributed by atoms with Crippen molar-refractivity contribution in [3.8, 4) is 0 Å². The van der Waals surface area contributed by atoms with Gasteiger partial charge in [0.2, 0.25) is 11.8 Å². The van der Waals surface area contributed by atoms with Gasteiger partial charge >= 0.3 is 0 Å². The molecule has 0 unspecified atom stereocenters. The van der Waals surface area contributed by atoms with Crippen LogP contribution in [0.25, 0.3) is 0 Å².